The topological polar surface area (TPSA) is 87.4 Å². The Morgan fingerprint density at radius 3 is 1.91 bits per heavy atom. The number of aryl methyl sites for hydroxylation is 1. The highest BCUT2D eigenvalue weighted by Crippen LogP contribution is 2.43. The van der Waals surface area contributed by atoms with E-state index in [4.69, 9.17) is 24.7 Å². The molecule has 0 radical (unpaired) electrons. The molecule has 54 heavy (non-hydrogen) atoms. The average molecular weight is 704 g/mol. The van der Waals surface area contributed by atoms with Gasteiger partial charge in [-0.3, -0.25) is 4.98 Å². The van der Waals surface area contributed by atoms with Gasteiger partial charge in [-0.05, 0) is 68.4 Å². The minimum Gasteiger partial charge on any atom is -0.463 e. The standard InChI is InChI=1S/C46H37N7O/c1-2-15-44-48-40-30-41(43-24-14-29-54-43)47-31-42(40)52(44)32-33-25-27-34(28-26-33)38-22-12-13-23-39(38)45-49-50-51-53(45)46(35-16-6-3-7-17-35,36-18-8-4-9-19-36)37-20-10-5-11-21-37/h3-14,16-31H,2,15,32H2,1H3. The van der Waals surface area contributed by atoms with Crippen LogP contribution in [0.15, 0.2) is 175 Å². The van der Waals surface area contributed by atoms with E-state index in [9.17, 15) is 0 Å². The lowest BCUT2D eigenvalue weighted by atomic mass is 9.77. The summed E-state index contributed by atoms with van der Waals surface area (Å²) in [6, 6.07) is 54.4. The Hall–Kier alpha value is -6.93. The zero-order valence-corrected chi connectivity index (χ0v) is 29.8. The van der Waals surface area contributed by atoms with E-state index in [1.165, 1.54) is 5.56 Å². The van der Waals surface area contributed by atoms with Gasteiger partial charge in [0.25, 0.3) is 0 Å². The molecule has 0 unspecified atom stereocenters. The monoisotopic (exact) mass is 703 g/mol. The molecule has 0 amide bonds. The largest absolute Gasteiger partial charge is 0.463 e. The molecule has 5 aromatic carbocycles. The number of hydrogen-bond acceptors (Lipinski definition) is 6. The molecule has 0 spiro atoms. The Bertz CT molecular complexity index is 2530. The van der Waals surface area contributed by atoms with Gasteiger partial charge >= 0.3 is 0 Å². The van der Waals surface area contributed by atoms with Crippen molar-refractivity contribution in [2.24, 2.45) is 0 Å². The Kier molecular flexibility index (Phi) is 8.69. The molecule has 8 nitrogen and oxygen atoms in total. The molecule has 0 fully saturated rings. The Morgan fingerprint density at radius 2 is 1.30 bits per heavy atom. The highest BCUT2D eigenvalue weighted by Gasteiger charge is 2.42. The number of pyridine rings is 1. The van der Waals surface area contributed by atoms with E-state index in [1.54, 1.807) is 6.26 Å². The second-order valence-electron chi connectivity index (χ2n) is 13.4. The van der Waals surface area contributed by atoms with Crippen LogP contribution in [0, 0.1) is 0 Å². The van der Waals surface area contributed by atoms with Crippen molar-refractivity contribution in [2.75, 3.05) is 0 Å². The summed E-state index contributed by atoms with van der Waals surface area (Å²) < 4.78 is 9.88. The van der Waals surface area contributed by atoms with Crippen LogP contribution in [0.4, 0.5) is 0 Å². The fourth-order valence-corrected chi connectivity index (χ4v) is 7.61. The first-order valence-electron chi connectivity index (χ1n) is 18.3. The highest BCUT2D eigenvalue weighted by atomic mass is 16.3. The summed E-state index contributed by atoms with van der Waals surface area (Å²) in [5.74, 6) is 2.45. The molecule has 0 saturated carbocycles. The van der Waals surface area contributed by atoms with Crippen LogP contribution in [0.2, 0.25) is 0 Å². The van der Waals surface area contributed by atoms with Gasteiger partial charge in [-0.25, -0.2) is 9.67 Å². The molecular formula is C46H37N7O. The maximum absolute atomic E-state index is 5.60. The number of aromatic nitrogens is 7. The van der Waals surface area contributed by atoms with Gasteiger partial charge in [0.15, 0.2) is 11.6 Å². The molecule has 0 atom stereocenters. The molecule has 0 aliphatic carbocycles. The summed E-state index contributed by atoms with van der Waals surface area (Å²) in [6.45, 7) is 2.86. The number of rotatable bonds is 11. The zero-order valence-electron chi connectivity index (χ0n) is 29.8. The van der Waals surface area contributed by atoms with Crippen molar-refractivity contribution in [1.29, 1.82) is 0 Å². The second kappa shape index (κ2) is 14.2. The van der Waals surface area contributed by atoms with Crippen LogP contribution in [0.25, 0.3) is 45.0 Å². The van der Waals surface area contributed by atoms with Gasteiger partial charge in [-0.15, -0.1) is 5.10 Å². The Balaban J connectivity index is 1.12. The number of fused-ring (bicyclic) bond motifs is 1. The quantitative estimate of drug-likeness (QED) is 0.125. The van der Waals surface area contributed by atoms with Gasteiger partial charge in [-0.1, -0.05) is 146 Å². The fraction of sp³-hybridized carbons (Fsp3) is 0.109. The maximum Gasteiger partial charge on any atom is 0.184 e. The third kappa shape index (κ3) is 5.78. The summed E-state index contributed by atoms with van der Waals surface area (Å²) >= 11 is 0. The fourth-order valence-electron chi connectivity index (χ4n) is 7.61. The predicted octanol–water partition coefficient (Wildman–Crippen LogP) is 9.85. The van der Waals surface area contributed by atoms with E-state index in [2.05, 4.69) is 132 Å². The smallest absolute Gasteiger partial charge is 0.184 e. The molecule has 9 aromatic rings. The minimum absolute atomic E-state index is 0.668. The van der Waals surface area contributed by atoms with E-state index >= 15 is 0 Å². The lowest BCUT2D eigenvalue weighted by Crippen LogP contribution is -2.39. The van der Waals surface area contributed by atoms with Crippen molar-refractivity contribution in [3.63, 3.8) is 0 Å². The van der Waals surface area contributed by atoms with Crippen LogP contribution in [0.3, 0.4) is 0 Å². The molecule has 8 heteroatoms. The second-order valence-corrected chi connectivity index (χ2v) is 13.4. The van der Waals surface area contributed by atoms with Gasteiger partial charge in [0.05, 0.1) is 23.5 Å². The average Bonchev–Trinajstić information content (AvgIpc) is 4.02. The number of benzene rings is 5. The van der Waals surface area contributed by atoms with Crippen molar-refractivity contribution in [2.45, 2.75) is 31.8 Å². The van der Waals surface area contributed by atoms with E-state index < -0.39 is 5.54 Å². The maximum atomic E-state index is 5.60. The van der Waals surface area contributed by atoms with Gasteiger partial charge in [0.1, 0.15) is 17.1 Å². The third-order valence-corrected chi connectivity index (χ3v) is 10.1. The molecule has 4 aromatic heterocycles. The van der Waals surface area contributed by atoms with E-state index in [0.717, 1.165) is 74.5 Å². The summed E-state index contributed by atoms with van der Waals surface area (Å²) in [5.41, 5.74) is 9.24. The van der Waals surface area contributed by atoms with Crippen molar-refractivity contribution >= 4 is 11.0 Å². The molecule has 9 rings (SSSR count). The predicted molar refractivity (Wildman–Crippen MR) is 212 cm³/mol. The number of furan rings is 1. The molecule has 262 valence electrons. The van der Waals surface area contributed by atoms with Crippen molar-refractivity contribution in [3.05, 3.63) is 198 Å². The Labute approximate surface area is 313 Å². The summed E-state index contributed by atoms with van der Waals surface area (Å²) in [4.78, 5) is 9.75. The van der Waals surface area contributed by atoms with E-state index in [-0.39, 0.29) is 0 Å². The minimum atomic E-state index is -0.850. The van der Waals surface area contributed by atoms with Gasteiger partial charge < -0.3 is 8.98 Å². The molecule has 0 aliphatic rings. The first-order valence-corrected chi connectivity index (χ1v) is 18.3. The van der Waals surface area contributed by atoms with Crippen molar-refractivity contribution in [1.82, 2.24) is 34.7 Å². The van der Waals surface area contributed by atoms with Crippen LogP contribution in [-0.2, 0) is 18.5 Å². The summed E-state index contributed by atoms with van der Waals surface area (Å²) in [6.07, 6.45) is 5.45. The van der Waals surface area contributed by atoms with Crippen LogP contribution in [0.1, 0.15) is 41.4 Å². The SMILES string of the molecule is CCCc1nc2cc(-c3ccco3)ncc2n1Cc1ccc(-c2ccccc2-c2nnnn2C(c2ccccc2)(c2ccccc2)c2ccccc2)cc1. The van der Waals surface area contributed by atoms with Gasteiger partial charge in [0, 0.05) is 18.5 Å². The summed E-state index contributed by atoms with van der Waals surface area (Å²) in [5, 5.41) is 13.9. The molecular weight excluding hydrogens is 667 g/mol. The number of tetrazole rings is 1. The Morgan fingerprint density at radius 1 is 0.667 bits per heavy atom. The van der Waals surface area contributed by atoms with Crippen LogP contribution in [-0.4, -0.2) is 34.7 Å². The van der Waals surface area contributed by atoms with Crippen LogP contribution >= 0.6 is 0 Å². The highest BCUT2D eigenvalue weighted by molar-refractivity contribution is 5.81. The van der Waals surface area contributed by atoms with Crippen LogP contribution < -0.4 is 0 Å². The lowest BCUT2D eigenvalue weighted by molar-refractivity contribution is 0.451. The number of hydrogen-bond donors (Lipinski definition) is 0. The third-order valence-electron chi connectivity index (χ3n) is 10.1. The normalized spacial score (nSPS) is 11.6. The first kappa shape index (κ1) is 32.9. The zero-order chi connectivity index (χ0) is 36.3. The first-order chi connectivity index (χ1) is 26.7. The number of imidazole rings is 1. The summed E-state index contributed by atoms with van der Waals surface area (Å²) in [7, 11) is 0. The van der Waals surface area contributed by atoms with Crippen LogP contribution in [0.5, 0.6) is 0 Å². The van der Waals surface area contributed by atoms with Crippen molar-refractivity contribution in [3.8, 4) is 34.0 Å². The van der Waals surface area contributed by atoms with Gasteiger partial charge in [-0.2, -0.15) is 0 Å². The van der Waals surface area contributed by atoms with Crippen molar-refractivity contribution < 1.29 is 4.42 Å². The lowest BCUT2D eigenvalue weighted by Gasteiger charge is -2.36. The van der Waals surface area contributed by atoms with Gasteiger partial charge in [0.2, 0.25) is 0 Å². The van der Waals surface area contributed by atoms with E-state index in [0.29, 0.717) is 12.4 Å². The molecule has 0 aliphatic heterocycles. The molecule has 0 bridgehead atoms. The molecule has 0 saturated heterocycles. The molecule has 0 N–H and O–H groups in total. The molecule has 4 heterocycles. The number of nitrogens with zero attached hydrogens (tertiary/aromatic N) is 7. The van der Waals surface area contributed by atoms with E-state index in [1.807, 2.05) is 53.3 Å².